The van der Waals surface area contributed by atoms with Gasteiger partial charge >= 0.3 is 0 Å². The minimum Gasteiger partial charge on any atom is -0.394 e. The Labute approximate surface area is 827 Å². The summed E-state index contributed by atoms with van der Waals surface area (Å²) < 4.78 is 139. The maximum absolute atomic E-state index is 13.8. The monoisotopic (exact) mass is 2140 g/mol. The zero-order valence-electron chi connectivity index (χ0n) is 79.0. The molecule has 0 spiro atoms. The van der Waals surface area contributed by atoms with E-state index < -0.39 is 464 Å². The highest BCUT2D eigenvalue weighted by Gasteiger charge is 2.64. The topological polar surface area (TPSA) is 985 Å². The van der Waals surface area contributed by atoms with Gasteiger partial charge in [-0.3, -0.25) is 24.0 Å². The molecule has 64 heteroatoms. The molecule has 0 aliphatic carbocycles. The molecule has 0 aromatic heterocycles. The number of ether oxygens (including phenoxy) is 23. The van der Waals surface area contributed by atoms with E-state index in [0.29, 0.717) is 0 Å². The predicted molar refractivity (Wildman–Crippen MR) is 450 cm³/mol. The largest absolute Gasteiger partial charge is 0.394 e. The van der Waals surface area contributed by atoms with Crippen LogP contribution in [0, 0.1) is 0 Å². The van der Waals surface area contributed by atoms with Crippen molar-refractivity contribution >= 4 is 29.5 Å². The number of rotatable bonds is 37. The van der Waals surface area contributed by atoms with Gasteiger partial charge in [-0.05, 0) is 13.8 Å². The third-order valence-corrected chi connectivity index (χ3v) is 27.0. The molecule has 0 unspecified atom stereocenters. The third kappa shape index (κ3) is 26.4. The number of aliphatic hydroxyl groups excluding tert-OH is 31. The molecule has 64 nitrogen and oxygen atoms in total. The molecular formula is C82H137N5O59. The Morgan fingerprint density at radius 2 is 0.445 bits per heavy atom. The van der Waals surface area contributed by atoms with Crippen molar-refractivity contribution in [2.75, 3.05) is 66.1 Å². The van der Waals surface area contributed by atoms with Crippen molar-refractivity contribution in [3.05, 3.63) is 0 Å². The summed E-state index contributed by atoms with van der Waals surface area (Å²) in [4.78, 5) is 65.8. The standard InChI is InChI=1S/C82H137N5O59/c1-18-40(101)52(113)57(118)76(126-18)124-17-34-64(49(110)35(71(123)128-34)83-20(3)96)138-73-37(85-22(5)98)50(111)63(30(13-93)134-73)140-80-61(122)68(144-82-70(56(117)45(106)28(11-91)133-82)146-75-39(87-24(7)100)66(142-77-58(119)53(114)41(102)19(2)127-77)65(32(15-95)136-75)141-72-36(84-21(4)97)48(109)42(103)25(8-88)129-72)47(108)33(137-80)16-125-81-69(55(116)44(105)27(10-90)132-81)145-74-38(86-23(6)99)51(112)62(31(14-94)135-74)139-79-60(121)67(46(107)29(12-92)131-79)143-78-59(120)54(115)43(104)26(9-89)130-78/h18-19,25-82,88-95,101-123H,8-17H2,1-7H3,(H,83,96)(H,84,97)(H,85,98)(H,86,99)(H,87,100)/t18-,19-,25+,26+,27+,28+,29+,30+,31+,32+,33+,34+,35+,36+,37+,38+,39+,40+,41+,42-,43-,44+,45+,46-,47+,48+,49+,50+,51+,52+,53+,54-,55-,56-,57-,58-,59+,60+,61-,62+,63+,64+,65+,66+,67-,68-,69-,70-,71+,72-,73-,74-,75-,76+,77-,78+,79-,80-,81-,82+/m0/s1. The van der Waals surface area contributed by atoms with Crippen molar-refractivity contribution in [1.82, 2.24) is 26.6 Å². The summed E-state index contributed by atoms with van der Waals surface area (Å²) in [6, 6.07) is -9.92. The fourth-order valence-corrected chi connectivity index (χ4v) is 19.1. The van der Waals surface area contributed by atoms with E-state index in [9.17, 15) is 182 Å². The lowest BCUT2D eigenvalue weighted by molar-refractivity contribution is -0.402. The highest BCUT2D eigenvalue weighted by molar-refractivity contribution is 5.75. The Kier molecular flexibility index (Phi) is 42.8. The maximum atomic E-state index is 13.8. The van der Waals surface area contributed by atoms with Crippen LogP contribution >= 0.6 is 0 Å². The fraction of sp³-hybridized carbons (Fsp3) is 0.939. The average molecular weight is 2140 g/mol. The normalized spacial score (nSPS) is 49.8. The van der Waals surface area contributed by atoms with Gasteiger partial charge in [0.2, 0.25) is 29.5 Å². The number of carbonyl (C=O) groups is 5. The second kappa shape index (κ2) is 52.2. The number of aliphatic hydroxyl groups is 31. The van der Waals surface area contributed by atoms with Crippen molar-refractivity contribution in [3.63, 3.8) is 0 Å². The van der Waals surface area contributed by atoms with Crippen molar-refractivity contribution in [2.24, 2.45) is 0 Å². The molecule has 5 amide bonds. The van der Waals surface area contributed by atoms with Gasteiger partial charge in [-0.2, -0.15) is 0 Å². The van der Waals surface area contributed by atoms with Gasteiger partial charge in [0.05, 0.1) is 78.3 Å². The average Bonchev–Trinajstić information content (AvgIpc) is 0.755. The molecule has 12 aliphatic heterocycles. The summed E-state index contributed by atoms with van der Waals surface area (Å²) in [7, 11) is 0. The Morgan fingerprint density at radius 1 is 0.192 bits per heavy atom. The quantitative estimate of drug-likeness (QED) is 0.0275. The Balaban J connectivity index is 0.893. The minimum atomic E-state index is -2.74. The molecule has 0 aromatic carbocycles. The molecule has 12 fully saturated rings. The summed E-state index contributed by atoms with van der Waals surface area (Å²) in [6.45, 7) is -4.61. The van der Waals surface area contributed by atoms with Crippen molar-refractivity contribution in [1.29, 1.82) is 0 Å². The van der Waals surface area contributed by atoms with Crippen LogP contribution in [0.5, 0.6) is 0 Å². The van der Waals surface area contributed by atoms with E-state index in [2.05, 4.69) is 26.6 Å². The van der Waals surface area contributed by atoms with E-state index in [1.54, 1.807) is 0 Å². The van der Waals surface area contributed by atoms with E-state index in [1.807, 2.05) is 0 Å². The second-order valence-corrected chi connectivity index (χ2v) is 37.3. The van der Waals surface area contributed by atoms with Crippen LogP contribution in [0.25, 0.3) is 0 Å². The zero-order valence-corrected chi connectivity index (χ0v) is 79.0. The van der Waals surface area contributed by atoms with Gasteiger partial charge in [0.25, 0.3) is 0 Å². The number of carbonyl (C=O) groups excluding carboxylic acids is 5. The molecule has 844 valence electrons. The van der Waals surface area contributed by atoms with Crippen LogP contribution in [0.15, 0.2) is 0 Å². The highest BCUT2D eigenvalue weighted by atomic mass is 16.8. The SMILES string of the molecule is CC(=O)N[C@@H]1[C@@H](O)[C@H](O[C@@H]2O[C@H](CO)[C@@H](O[C@@H]3O[C@H](CO[C@H]4O[C@H](CO)[C@@H](O)[C@H](O)[C@@H]4O[C@@H]4O[C@H](CO)[C@@H](O[C@@H]5O[C@H](CO)[C@H](O)[C@H](O[C@H]6O[C@H](CO)[C@H](O)[C@H](O)[C@H]6O)[C@H]5O)[C@H](O)[C@H]4NC(C)=O)[C@@H](O)[C@H](O[C@H]4O[C@H](CO)[C@@H](O)[C@H](O)[C@@H]4O[C@@H]4O[C@H](CO)[C@@H](O[C@@H]5O[C@H](CO)[C@H](O)[C@H](O)[C@H]5NC(C)=O)[C@H](O[C@@H]5O[C@@H](C)[C@@H](O)[C@@H](O)[C@@H]5O)[C@H]4NC(C)=O)[C@@H]3O)[C@H](O)[C@H]2NC(C)=O)[C@@H](CO[C@@H]2O[C@@H](C)[C@@H](O)[C@@H](O)[C@@H]2O)O[C@H]1O. The molecule has 12 saturated heterocycles. The van der Waals surface area contributed by atoms with Gasteiger partial charge in [0, 0.05) is 34.6 Å². The van der Waals surface area contributed by atoms with Crippen LogP contribution in [0.3, 0.4) is 0 Å². The highest BCUT2D eigenvalue weighted by Crippen LogP contribution is 2.43. The number of nitrogens with one attached hydrogen (secondary N) is 5. The van der Waals surface area contributed by atoms with Crippen LogP contribution in [-0.2, 0) is 133 Å². The lowest BCUT2D eigenvalue weighted by Gasteiger charge is -2.52. The molecule has 146 heavy (non-hydrogen) atoms. The molecule has 0 aromatic rings. The molecule has 12 aliphatic rings. The molecule has 12 rings (SSSR count). The Bertz CT molecular complexity index is 4090. The Morgan fingerprint density at radius 3 is 0.890 bits per heavy atom. The molecular weight excluding hydrogens is 2000 g/mol. The summed E-state index contributed by atoms with van der Waals surface area (Å²) in [5, 5.41) is 363. The van der Waals surface area contributed by atoms with Gasteiger partial charge < -0.3 is 294 Å². The molecule has 60 atom stereocenters. The minimum absolute atomic E-state index is 0.876. The van der Waals surface area contributed by atoms with Gasteiger partial charge in [0.15, 0.2) is 75.5 Å². The lowest BCUT2D eigenvalue weighted by Crippen LogP contribution is -2.72. The van der Waals surface area contributed by atoms with Gasteiger partial charge in [-0.1, -0.05) is 0 Å². The smallest absolute Gasteiger partial charge is 0.217 e. The summed E-state index contributed by atoms with van der Waals surface area (Å²) in [6.07, 6.45) is -117. The van der Waals surface area contributed by atoms with Crippen LogP contribution in [0.1, 0.15) is 48.5 Å². The molecule has 0 saturated carbocycles. The third-order valence-electron chi connectivity index (χ3n) is 27.0. The first kappa shape index (κ1) is 120. The van der Waals surface area contributed by atoms with Crippen molar-refractivity contribution in [2.45, 2.75) is 417 Å². The molecule has 36 N–H and O–H groups in total. The van der Waals surface area contributed by atoms with Crippen LogP contribution in [0.4, 0.5) is 0 Å². The van der Waals surface area contributed by atoms with Gasteiger partial charge in [0.1, 0.15) is 280 Å². The van der Waals surface area contributed by atoms with Crippen LogP contribution in [0.2, 0.25) is 0 Å². The number of hydrogen-bond acceptors (Lipinski definition) is 59. The number of hydrogen-bond donors (Lipinski definition) is 36. The zero-order chi connectivity index (χ0) is 107. The maximum Gasteiger partial charge on any atom is 0.217 e. The summed E-state index contributed by atoms with van der Waals surface area (Å²) in [5.41, 5.74) is 0. The molecule has 12 heterocycles. The Hall–Kier alpha value is -4.81. The number of amides is 5. The molecule has 0 radical (unpaired) electrons. The summed E-state index contributed by atoms with van der Waals surface area (Å²) >= 11 is 0. The first-order chi connectivity index (χ1) is 69.0. The first-order valence-electron chi connectivity index (χ1n) is 46.9. The van der Waals surface area contributed by atoms with Crippen molar-refractivity contribution in [3.8, 4) is 0 Å². The van der Waals surface area contributed by atoms with Crippen LogP contribution in [-0.4, -0.2) is 622 Å². The van der Waals surface area contributed by atoms with E-state index in [4.69, 9.17) is 109 Å². The van der Waals surface area contributed by atoms with Gasteiger partial charge in [-0.15, -0.1) is 0 Å². The lowest BCUT2D eigenvalue weighted by atomic mass is 9.93. The molecule has 0 bridgehead atoms. The van der Waals surface area contributed by atoms with E-state index in [1.165, 1.54) is 13.8 Å². The second-order valence-electron chi connectivity index (χ2n) is 37.3. The first-order valence-corrected chi connectivity index (χ1v) is 46.9. The van der Waals surface area contributed by atoms with E-state index in [-0.39, 0.29) is 0 Å². The summed E-state index contributed by atoms with van der Waals surface area (Å²) in [5.74, 6) is -4.90. The van der Waals surface area contributed by atoms with E-state index in [0.717, 1.165) is 34.6 Å². The van der Waals surface area contributed by atoms with Gasteiger partial charge in [-0.25, -0.2) is 0 Å². The fourth-order valence-electron chi connectivity index (χ4n) is 19.1. The van der Waals surface area contributed by atoms with Crippen LogP contribution < -0.4 is 26.6 Å². The predicted octanol–water partition coefficient (Wildman–Crippen LogP) is -24.4. The van der Waals surface area contributed by atoms with E-state index >= 15 is 0 Å². The van der Waals surface area contributed by atoms with Crippen molar-refractivity contribution < 1.29 is 291 Å².